The minimum absolute atomic E-state index is 0.801. The number of nitrogens with zero attached hydrogens (tertiary/aromatic N) is 4. The van der Waals surface area contributed by atoms with E-state index in [9.17, 15) is 0 Å². The lowest BCUT2D eigenvalue weighted by molar-refractivity contribution is 1.22. The van der Waals surface area contributed by atoms with Crippen molar-refractivity contribution in [2.75, 3.05) is 0 Å². The van der Waals surface area contributed by atoms with E-state index in [1.54, 1.807) is 12.4 Å². The van der Waals surface area contributed by atoms with Gasteiger partial charge in [-0.3, -0.25) is 9.97 Å². The lowest BCUT2D eigenvalue weighted by Gasteiger charge is -2.14. The first-order chi connectivity index (χ1) is 24.3. The smallest absolute Gasteiger partial charge is 0.0900 e. The molecule has 5 aromatic heterocycles. The van der Waals surface area contributed by atoms with E-state index in [4.69, 9.17) is 9.97 Å². The Morgan fingerprint density at radius 2 is 1.08 bits per heavy atom. The SMILES string of the molecule is c1ccc(-c2cc(-c3ccc4c(c3)nc(-c3cc5ccccc5c5ccccc35)c3c5ccccc5sc43)cc(-c3ccccn3)n2)nc1. The zero-order chi connectivity index (χ0) is 32.3. The highest BCUT2D eigenvalue weighted by atomic mass is 32.1. The second-order valence-electron chi connectivity index (χ2n) is 12.2. The second-order valence-corrected chi connectivity index (χ2v) is 13.3. The van der Waals surface area contributed by atoms with E-state index in [2.05, 4.69) is 119 Å². The minimum Gasteiger partial charge on any atom is -0.255 e. The third-order valence-electron chi connectivity index (χ3n) is 9.34. The molecule has 0 aliphatic rings. The molecule has 10 rings (SSSR count). The van der Waals surface area contributed by atoms with Crippen LogP contribution < -0.4 is 0 Å². The Hall–Kier alpha value is -6.30. The number of aromatic nitrogens is 4. The van der Waals surface area contributed by atoms with Crippen LogP contribution in [0.3, 0.4) is 0 Å². The molecule has 4 nitrogen and oxygen atoms in total. The Bertz CT molecular complexity index is 2820. The normalized spacial score (nSPS) is 11.7. The summed E-state index contributed by atoms with van der Waals surface area (Å²) in [6.45, 7) is 0. The molecule has 0 amide bonds. The number of rotatable bonds is 4. The van der Waals surface area contributed by atoms with Crippen LogP contribution in [0.2, 0.25) is 0 Å². The van der Waals surface area contributed by atoms with Gasteiger partial charge in [0.2, 0.25) is 0 Å². The van der Waals surface area contributed by atoms with Crippen LogP contribution in [-0.2, 0) is 0 Å². The average Bonchev–Trinajstić information content (AvgIpc) is 3.58. The predicted octanol–water partition coefficient (Wildman–Crippen LogP) is 11.8. The zero-order valence-corrected chi connectivity index (χ0v) is 27.0. The fourth-order valence-corrected chi connectivity index (χ4v) is 8.31. The second kappa shape index (κ2) is 11.2. The molecule has 5 aromatic carbocycles. The summed E-state index contributed by atoms with van der Waals surface area (Å²) in [6.07, 6.45) is 3.61. The maximum atomic E-state index is 5.57. The van der Waals surface area contributed by atoms with Crippen LogP contribution >= 0.6 is 11.3 Å². The number of fused-ring (bicyclic) bond motifs is 8. The topological polar surface area (TPSA) is 51.6 Å². The monoisotopic (exact) mass is 642 g/mol. The van der Waals surface area contributed by atoms with E-state index in [1.807, 2.05) is 47.7 Å². The molecule has 10 aromatic rings. The zero-order valence-electron chi connectivity index (χ0n) is 26.2. The summed E-state index contributed by atoms with van der Waals surface area (Å²) >= 11 is 1.84. The van der Waals surface area contributed by atoms with Gasteiger partial charge in [0.15, 0.2) is 0 Å². The third kappa shape index (κ3) is 4.59. The molecule has 0 atom stereocenters. The van der Waals surface area contributed by atoms with Crippen LogP contribution in [-0.4, -0.2) is 19.9 Å². The van der Waals surface area contributed by atoms with E-state index in [-0.39, 0.29) is 0 Å². The average molecular weight is 643 g/mol. The van der Waals surface area contributed by atoms with Gasteiger partial charge >= 0.3 is 0 Å². The van der Waals surface area contributed by atoms with E-state index in [1.165, 1.54) is 41.7 Å². The number of thiophene rings is 1. The minimum atomic E-state index is 0.801. The van der Waals surface area contributed by atoms with Gasteiger partial charge in [-0.05, 0) is 87.3 Å². The standard InChI is InChI=1S/C44H26N4S/c1-2-12-30-28(11-1)23-35(32-14-4-3-13-31(30)32)43-42-34-15-5-6-18-41(34)49-44(42)33-20-19-27(24-38(33)48-43)29-25-39(36-16-7-9-21-45-36)47-40(26-29)37-17-8-10-22-46-37/h1-26H. The Kier molecular flexibility index (Phi) is 6.32. The van der Waals surface area contributed by atoms with Crippen molar-refractivity contribution >= 4 is 64.0 Å². The highest BCUT2D eigenvalue weighted by Crippen LogP contribution is 2.45. The highest BCUT2D eigenvalue weighted by Gasteiger charge is 2.20. The van der Waals surface area contributed by atoms with Gasteiger partial charge in [-0.15, -0.1) is 11.3 Å². The molecule has 0 aliphatic heterocycles. The van der Waals surface area contributed by atoms with Crippen LogP contribution in [0.15, 0.2) is 158 Å². The molecule has 5 heterocycles. The maximum absolute atomic E-state index is 5.57. The summed E-state index contributed by atoms with van der Waals surface area (Å²) in [4.78, 5) is 19.8. The van der Waals surface area contributed by atoms with Crippen LogP contribution in [0.4, 0.5) is 0 Å². The Morgan fingerprint density at radius 1 is 0.429 bits per heavy atom. The van der Waals surface area contributed by atoms with Crippen molar-refractivity contribution in [3.05, 3.63) is 158 Å². The summed E-state index contributed by atoms with van der Waals surface area (Å²) < 4.78 is 2.51. The van der Waals surface area contributed by atoms with Gasteiger partial charge in [0, 0.05) is 43.5 Å². The Balaban J connectivity index is 1.26. The molecule has 0 aliphatic carbocycles. The maximum Gasteiger partial charge on any atom is 0.0900 e. The summed E-state index contributed by atoms with van der Waals surface area (Å²) in [5.74, 6) is 0. The lowest BCUT2D eigenvalue weighted by atomic mass is 9.93. The van der Waals surface area contributed by atoms with Gasteiger partial charge in [-0.1, -0.05) is 91.0 Å². The molecular formula is C44H26N4S. The summed E-state index contributed by atoms with van der Waals surface area (Å²) in [7, 11) is 0. The molecule has 0 saturated carbocycles. The largest absolute Gasteiger partial charge is 0.255 e. The number of hydrogen-bond acceptors (Lipinski definition) is 5. The molecule has 0 unspecified atom stereocenters. The van der Waals surface area contributed by atoms with E-state index < -0.39 is 0 Å². The molecule has 0 fully saturated rings. The van der Waals surface area contributed by atoms with Crippen molar-refractivity contribution in [1.82, 2.24) is 19.9 Å². The molecule has 49 heavy (non-hydrogen) atoms. The van der Waals surface area contributed by atoms with Gasteiger partial charge in [-0.2, -0.15) is 0 Å². The number of benzene rings is 5. The van der Waals surface area contributed by atoms with Crippen molar-refractivity contribution in [2.45, 2.75) is 0 Å². The van der Waals surface area contributed by atoms with E-state index >= 15 is 0 Å². The van der Waals surface area contributed by atoms with E-state index in [0.29, 0.717) is 0 Å². The molecule has 0 N–H and O–H groups in total. The van der Waals surface area contributed by atoms with E-state index in [0.717, 1.165) is 56.1 Å². The van der Waals surface area contributed by atoms with Crippen molar-refractivity contribution < 1.29 is 0 Å². The van der Waals surface area contributed by atoms with Crippen molar-refractivity contribution in [3.8, 4) is 45.2 Å². The molecule has 0 bridgehead atoms. The van der Waals surface area contributed by atoms with Gasteiger partial charge in [0.1, 0.15) is 0 Å². The van der Waals surface area contributed by atoms with Gasteiger partial charge in [-0.25, -0.2) is 9.97 Å². The first-order valence-electron chi connectivity index (χ1n) is 16.3. The van der Waals surface area contributed by atoms with Crippen molar-refractivity contribution in [2.24, 2.45) is 0 Å². The molecule has 0 saturated heterocycles. The third-order valence-corrected chi connectivity index (χ3v) is 10.5. The number of hydrogen-bond donors (Lipinski definition) is 0. The summed E-state index contributed by atoms with van der Waals surface area (Å²) in [6, 6.07) is 51.1. The van der Waals surface area contributed by atoms with Gasteiger partial charge < -0.3 is 0 Å². The fraction of sp³-hybridized carbons (Fsp3) is 0. The fourth-order valence-electron chi connectivity index (χ4n) is 7.08. The first kappa shape index (κ1) is 27.8. The van der Waals surface area contributed by atoms with Crippen molar-refractivity contribution in [1.29, 1.82) is 0 Å². The molecule has 5 heteroatoms. The summed E-state index contributed by atoms with van der Waals surface area (Å²) in [5.41, 5.74) is 8.45. The quantitative estimate of drug-likeness (QED) is 0.179. The molecule has 0 spiro atoms. The van der Waals surface area contributed by atoms with Crippen LogP contribution in [0.5, 0.6) is 0 Å². The highest BCUT2D eigenvalue weighted by molar-refractivity contribution is 7.26. The summed E-state index contributed by atoms with van der Waals surface area (Å²) in [5, 5.41) is 8.50. The molecular weight excluding hydrogens is 617 g/mol. The van der Waals surface area contributed by atoms with Crippen LogP contribution in [0.1, 0.15) is 0 Å². The predicted molar refractivity (Wildman–Crippen MR) is 205 cm³/mol. The number of pyridine rings is 4. The van der Waals surface area contributed by atoms with Crippen LogP contribution in [0.25, 0.3) is 97.8 Å². The molecule has 228 valence electrons. The first-order valence-corrected chi connectivity index (χ1v) is 17.1. The lowest BCUT2D eigenvalue weighted by Crippen LogP contribution is -1.94. The van der Waals surface area contributed by atoms with Crippen molar-refractivity contribution in [3.63, 3.8) is 0 Å². The Labute approximate surface area is 286 Å². The van der Waals surface area contributed by atoms with Crippen LogP contribution in [0, 0.1) is 0 Å². The Morgan fingerprint density at radius 3 is 1.82 bits per heavy atom. The molecule has 0 radical (unpaired) electrons. The van der Waals surface area contributed by atoms with Gasteiger partial charge in [0.25, 0.3) is 0 Å². The van der Waals surface area contributed by atoms with Gasteiger partial charge in [0.05, 0.1) is 34.0 Å².